The van der Waals surface area contributed by atoms with Gasteiger partial charge in [0, 0.05) is 0 Å². The third-order valence-corrected chi connectivity index (χ3v) is 2.82. The van der Waals surface area contributed by atoms with Gasteiger partial charge < -0.3 is 0 Å². The summed E-state index contributed by atoms with van der Waals surface area (Å²) in [4.78, 5) is 0. The smallest absolute Gasteiger partial charge is 0.145 e. The van der Waals surface area contributed by atoms with E-state index in [0.717, 1.165) is 18.4 Å². The first-order valence-electron chi connectivity index (χ1n) is 4.23. The molecule has 0 aromatic heterocycles. The summed E-state index contributed by atoms with van der Waals surface area (Å²) in [5.74, 6) is 0.201. The molecule has 0 heterocycles. The van der Waals surface area contributed by atoms with E-state index in [4.69, 9.17) is 11.6 Å². The Morgan fingerprint density at radius 3 is 2.67 bits per heavy atom. The van der Waals surface area contributed by atoms with Crippen LogP contribution in [-0.4, -0.2) is 0 Å². The van der Waals surface area contributed by atoms with Crippen LogP contribution in [0.25, 0.3) is 0 Å². The Kier molecular flexibility index (Phi) is 2.05. The van der Waals surface area contributed by atoms with Gasteiger partial charge >= 0.3 is 0 Å². The fourth-order valence-electron chi connectivity index (χ4n) is 1.56. The molecule has 0 N–H and O–H groups in total. The van der Waals surface area contributed by atoms with E-state index in [1.165, 1.54) is 6.42 Å². The topological polar surface area (TPSA) is 0 Å². The molecule has 0 bridgehead atoms. The van der Waals surface area contributed by atoms with Gasteiger partial charge in [-0.3, -0.25) is 0 Å². The maximum atomic E-state index is 13.3. The van der Waals surface area contributed by atoms with Gasteiger partial charge in [-0.25, -0.2) is 4.39 Å². The van der Waals surface area contributed by atoms with Gasteiger partial charge in [0.05, 0.1) is 5.02 Å². The van der Waals surface area contributed by atoms with Crippen LogP contribution in [0.15, 0.2) is 18.2 Å². The standard InChI is InChI=1S/C10H10ClF/c11-9-6-2-5-8(10(9)12)7-3-1-4-7/h2,5-7H,1,3-4H2. The second-order valence-corrected chi connectivity index (χ2v) is 3.68. The van der Waals surface area contributed by atoms with Crippen LogP contribution in [0.1, 0.15) is 30.7 Å². The molecule has 0 unspecified atom stereocenters. The van der Waals surface area contributed by atoms with E-state index in [1.807, 2.05) is 12.1 Å². The Morgan fingerprint density at radius 1 is 1.33 bits per heavy atom. The van der Waals surface area contributed by atoms with Gasteiger partial charge in [0.2, 0.25) is 0 Å². The minimum Gasteiger partial charge on any atom is -0.205 e. The molecule has 12 heavy (non-hydrogen) atoms. The SMILES string of the molecule is Fc1c(Cl)cccc1C1CCC1. The second-order valence-electron chi connectivity index (χ2n) is 3.27. The molecule has 1 aliphatic rings. The molecule has 0 amide bonds. The Morgan fingerprint density at radius 2 is 2.08 bits per heavy atom. The number of hydrogen-bond acceptors (Lipinski definition) is 0. The minimum atomic E-state index is -0.219. The molecule has 0 aliphatic heterocycles. The van der Waals surface area contributed by atoms with Gasteiger partial charge in [-0.05, 0) is 30.4 Å². The lowest BCUT2D eigenvalue weighted by molar-refractivity contribution is 0.404. The van der Waals surface area contributed by atoms with E-state index in [9.17, 15) is 4.39 Å². The third kappa shape index (κ3) is 1.22. The highest BCUT2D eigenvalue weighted by atomic mass is 35.5. The number of benzene rings is 1. The zero-order chi connectivity index (χ0) is 8.55. The normalized spacial score (nSPS) is 17.5. The summed E-state index contributed by atoms with van der Waals surface area (Å²) in [7, 11) is 0. The van der Waals surface area contributed by atoms with Crippen LogP contribution in [0.2, 0.25) is 5.02 Å². The molecule has 1 aromatic carbocycles. The second kappa shape index (κ2) is 3.06. The lowest BCUT2D eigenvalue weighted by atomic mass is 9.80. The monoisotopic (exact) mass is 184 g/mol. The summed E-state index contributed by atoms with van der Waals surface area (Å²) in [6.45, 7) is 0. The predicted molar refractivity (Wildman–Crippen MR) is 48.0 cm³/mol. The van der Waals surface area contributed by atoms with Crippen LogP contribution in [-0.2, 0) is 0 Å². The van der Waals surface area contributed by atoms with Crippen molar-refractivity contribution in [1.29, 1.82) is 0 Å². The third-order valence-electron chi connectivity index (χ3n) is 2.53. The van der Waals surface area contributed by atoms with Crippen LogP contribution in [0.5, 0.6) is 0 Å². The van der Waals surface area contributed by atoms with Crippen molar-refractivity contribution in [2.24, 2.45) is 0 Å². The van der Waals surface area contributed by atoms with Crippen LogP contribution in [0.4, 0.5) is 4.39 Å². The highest BCUT2D eigenvalue weighted by Crippen LogP contribution is 2.38. The van der Waals surface area contributed by atoms with E-state index >= 15 is 0 Å². The van der Waals surface area contributed by atoms with Crippen molar-refractivity contribution in [2.45, 2.75) is 25.2 Å². The highest BCUT2D eigenvalue weighted by Gasteiger charge is 2.23. The number of rotatable bonds is 1. The van der Waals surface area contributed by atoms with Crippen LogP contribution in [0, 0.1) is 5.82 Å². The maximum Gasteiger partial charge on any atom is 0.145 e. The molecule has 1 aliphatic carbocycles. The fraction of sp³-hybridized carbons (Fsp3) is 0.400. The van der Waals surface area contributed by atoms with Crippen molar-refractivity contribution in [2.75, 3.05) is 0 Å². The van der Waals surface area contributed by atoms with E-state index in [0.29, 0.717) is 5.92 Å². The van der Waals surface area contributed by atoms with Gasteiger partial charge in [0.15, 0.2) is 0 Å². The van der Waals surface area contributed by atoms with Crippen molar-refractivity contribution < 1.29 is 4.39 Å². The van der Waals surface area contributed by atoms with E-state index in [1.54, 1.807) is 6.07 Å². The predicted octanol–water partition coefficient (Wildman–Crippen LogP) is 3.75. The van der Waals surface area contributed by atoms with E-state index < -0.39 is 0 Å². The van der Waals surface area contributed by atoms with Crippen molar-refractivity contribution in [3.05, 3.63) is 34.6 Å². The molecule has 2 rings (SSSR count). The zero-order valence-electron chi connectivity index (χ0n) is 6.69. The van der Waals surface area contributed by atoms with Crippen molar-refractivity contribution >= 4 is 11.6 Å². The largest absolute Gasteiger partial charge is 0.205 e. The summed E-state index contributed by atoms with van der Waals surface area (Å²) in [6, 6.07) is 5.25. The van der Waals surface area contributed by atoms with Crippen molar-refractivity contribution in [3.8, 4) is 0 Å². The highest BCUT2D eigenvalue weighted by molar-refractivity contribution is 6.30. The van der Waals surface area contributed by atoms with Gasteiger partial charge in [0.25, 0.3) is 0 Å². The first-order chi connectivity index (χ1) is 5.79. The molecule has 0 nitrogen and oxygen atoms in total. The molecule has 2 heteroatoms. The van der Waals surface area contributed by atoms with Gasteiger partial charge in [-0.15, -0.1) is 0 Å². The van der Waals surface area contributed by atoms with Gasteiger partial charge in [-0.2, -0.15) is 0 Å². The summed E-state index contributed by atoms with van der Waals surface area (Å²) in [6.07, 6.45) is 3.44. The minimum absolute atomic E-state index is 0.219. The quantitative estimate of drug-likeness (QED) is 0.624. The van der Waals surface area contributed by atoms with E-state index in [-0.39, 0.29) is 10.8 Å². The molecule has 1 saturated carbocycles. The lowest BCUT2D eigenvalue weighted by Gasteiger charge is -2.26. The van der Waals surface area contributed by atoms with Crippen LogP contribution in [0.3, 0.4) is 0 Å². The van der Waals surface area contributed by atoms with Crippen molar-refractivity contribution in [1.82, 2.24) is 0 Å². The number of halogens is 2. The molecule has 0 atom stereocenters. The average Bonchev–Trinajstić information content (AvgIpc) is 1.95. The number of hydrogen-bond donors (Lipinski definition) is 0. The van der Waals surface area contributed by atoms with Gasteiger partial charge in [0.1, 0.15) is 5.82 Å². The first-order valence-corrected chi connectivity index (χ1v) is 4.61. The van der Waals surface area contributed by atoms with E-state index in [2.05, 4.69) is 0 Å². The Hall–Kier alpha value is -0.560. The average molecular weight is 185 g/mol. The van der Waals surface area contributed by atoms with Crippen molar-refractivity contribution in [3.63, 3.8) is 0 Å². The molecule has 1 fully saturated rings. The zero-order valence-corrected chi connectivity index (χ0v) is 7.44. The molecule has 1 aromatic rings. The van der Waals surface area contributed by atoms with Gasteiger partial charge in [-0.1, -0.05) is 30.2 Å². The lowest BCUT2D eigenvalue weighted by Crippen LogP contribution is -2.10. The summed E-state index contributed by atoms with van der Waals surface area (Å²) >= 11 is 5.66. The summed E-state index contributed by atoms with van der Waals surface area (Å²) in [5.41, 5.74) is 0.800. The molecular formula is C10H10ClF. The van der Waals surface area contributed by atoms with Crippen LogP contribution >= 0.6 is 11.6 Å². The fourth-order valence-corrected chi connectivity index (χ4v) is 1.74. The molecule has 0 radical (unpaired) electrons. The summed E-state index contributed by atoms with van der Waals surface area (Å²) < 4.78 is 13.3. The Bertz CT molecular complexity index is 292. The molecule has 64 valence electrons. The Labute approximate surface area is 76.4 Å². The van der Waals surface area contributed by atoms with Crippen LogP contribution < -0.4 is 0 Å². The molecular weight excluding hydrogens is 175 g/mol. The molecule has 0 spiro atoms. The Balaban J connectivity index is 2.36. The molecule has 0 saturated heterocycles. The first kappa shape index (κ1) is 8.06. The summed E-state index contributed by atoms with van der Waals surface area (Å²) in [5, 5.41) is 0.249. The maximum absolute atomic E-state index is 13.3.